The van der Waals surface area contributed by atoms with E-state index in [0.29, 0.717) is 5.56 Å². The molecular formula is C16H15BrF5N3O2. The molecule has 0 aliphatic heterocycles. The van der Waals surface area contributed by atoms with Gasteiger partial charge in [0.2, 0.25) is 5.91 Å². The van der Waals surface area contributed by atoms with Crippen molar-refractivity contribution < 1.29 is 31.5 Å². The van der Waals surface area contributed by atoms with Crippen LogP contribution in [-0.4, -0.2) is 22.3 Å². The Balaban J connectivity index is 2.31. The molecule has 0 spiro atoms. The number of alkyl halides is 5. The summed E-state index contributed by atoms with van der Waals surface area (Å²) in [4.78, 5) is 12.5. The Morgan fingerprint density at radius 3 is 2.44 bits per heavy atom. The molecule has 0 aliphatic rings. The molecule has 1 N–H and O–H groups in total. The maximum atomic E-state index is 13.0. The standard InChI is InChI=1S/C16H15BrF5N3O2/c1-7-4-5-11(27-15(18)19)10(6-7)23-14(26)9(3)25-8(2)12(17)13(24-25)16(20,21)22/h4-6,9,15H,1-3H3,(H,23,26). The first-order valence-electron chi connectivity index (χ1n) is 7.60. The topological polar surface area (TPSA) is 56.1 Å². The molecule has 0 saturated heterocycles. The lowest BCUT2D eigenvalue weighted by Crippen LogP contribution is -2.26. The highest BCUT2D eigenvalue weighted by Gasteiger charge is 2.39. The summed E-state index contributed by atoms with van der Waals surface area (Å²) in [6, 6.07) is 3.05. The lowest BCUT2D eigenvalue weighted by Gasteiger charge is -2.17. The van der Waals surface area contributed by atoms with Crippen molar-refractivity contribution in [2.45, 2.75) is 39.6 Å². The van der Waals surface area contributed by atoms with E-state index in [9.17, 15) is 26.7 Å². The minimum absolute atomic E-state index is 0.0212. The maximum absolute atomic E-state index is 13.0. The van der Waals surface area contributed by atoms with Gasteiger partial charge in [-0.1, -0.05) is 6.07 Å². The third-order valence-electron chi connectivity index (χ3n) is 3.70. The summed E-state index contributed by atoms with van der Waals surface area (Å²) in [6.45, 7) is 1.29. The number of anilines is 1. The van der Waals surface area contributed by atoms with Crippen LogP contribution < -0.4 is 10.1 Å². The molecule has 5 nitrogen and oxygen atoms in total. The van der Waals surface area contributed by atoms with Crippen LogP contribution in [0.5, 0.6) is 5.75 Å². The maximum Gasteiger partial charge on any atom is 0.436 e. The summed E-state index contributed by atoms with van der Waals surface area (Å²) in [6.07, 6.45) is -4.69. The van der Waals surface area contributed by atoms with Crippen molar-refractivity contribution in [3.05, 3.63) is 39.6 Å². The van der Waals surface area contributed by atoms with Crippen molar-refractivity contribution in [1.29, 1.82) is 0 Å². The van der Waals surface area contributed by atoms with Crippen molar-refractivity contribution in [3.63, 3.8) is 0 Å². The van der Waals surface area contributed by atoms with Crippen molar-refractivity contribution in [3.8, 4) is 5.75 Å². The fourth-order valence-electron chi connectivity index (χ4n) is 2.35. The van der Waals surface area contributed by atoms with E-state index < -0.39 is 30.4 Å². The SMILES string of the molecule is Cc1ccc(OC(F)F)c(NC(=O)C(C)n2nc(C(F)(F)F)c(Br)c2C)c1. The second-order valence-electron chi connectivity index (χ2n) is 5.73. The molecule has 11 heteroatoms. The normalized spacial score (nSPS) is 13.0. The van der Waals surface area contributed by atoms with Crippen LogP contribution in [0, 0.1) is 13.8 Å². The predicted octanol–water partition coefficient (Wildman–Crippen LogP) is 5.08. The van der Waals surface area contributed by atoms with Crippen molar-refractivity contribution in [2.75, 3.05) is 5.32 Å². The van der Waals surface area contributed by atoms with Gasteiger partial charge in [-0.3, -0.25) is 9.48 Å². The summed E-state index contributed by atoms with van der Waals surface area (Å²) in [5.41, 5.74) is -0.417. The van der Waals surface area contributed by atoms with Gasteiger partial charge in [-0.2, -0.15) is 27.1 Å². The quantitative estimate of drug-likeness (QED) is 0.639. The Morgan fingerprint density at radius 1 is 1.30 bits per heavy atom. The van der Waals surface area contributed by atoms with Crippen LogP contribution in [0.2, 0.25) is 0 Å². The lowest BCUT2D eigenvalue weighted by atomic mass is 10.2. The van der Waals surface area contributed by atoms with Gasteiger partial charge in [-0.25, -0.2) is 0 Å². The van der Waals surface area contributed by atoms with Crippen LogP contribution >= 0.6 is 15.9 Å². The van der Waals surface area contributed by atoms with E-state index in [0.717, 1.165) is 4.68 Å². The number of hydrogen-bond acceptors (Lipinski definition) is 3. The minimum atomic E-state index is -4.69. The molecule has 2 aromatic rings. The fourth-order valence-corrected chi connectivity index (χ4v) is 2.83. The Bertz CT molecular complexity index is 851. The first-order chi connectivity index (χ1) is 12.4. The highest BCUT2D eigenvalue weighted by molar-refractivity contribution is 9.10. The Hall–Kier alpha value is -2.17. The number of amides is 1. The molecule has 1 heterocycles. The number of ether oxygens (including phenoxy) is 1. The molecule has 1 unspecified atom stereocenters. The first kappa shape index (κ1) is 21.1. The summed E-state index contributed by atoms with van der Waals surface area (Å²) in [7, 11) is 0. The van der Waals surface area contributed by atoms with Gasteiger partial charge >= 0.3 is 12.8 Å². The smallest absolute Gasteiger partial charge is 0.433 e. The Labute approximate surface area is 159 Å². The average molecular weight is 456 g/mol. The summed E-state index contributed by atoms with van der Waals surface area (Å²) in [5.74, 6) is -1.00. The number of rotatable bonds is 5. The zero-order valence-corrected chi connectivity index (χ0v) is 16.0. The minimum Gasteiger partial charge on any atom is -0.433 e. The van der Waals surface area contributed by atoms with E-state index in [1.165, 1.54) is 32.0 Å². The number of carbonyl (C=O) groups excluding carboxylic acids is 1. The number of hydrogen-bond donors (Lipinski definition) is 1. The van der Waals surface area contributed by atoms with Gasteiger partial charge in [0, 0.05) is 0 Å². The van der Waals surface area contributed by atoms with Gasteiger partial charge in [0.25, 0.3) is 0 Å². The van der Waals surface area contributed by atoms with E-state index in [-0.39, 0.29) is 21.6 Å². The average Bonchev–Trinajstić information content (AvgIpc) is 2.84. The summed E-state index contributed by atoms with van der Waals surface area (Å²) in [5, 5.41) is 5.86. The largest absolute Gasteiger partial charge is 0.436 e. The molecule has 27 heavy (non-hydrogen) atoms. The molecule has 0 saturated carbocycles. The zero-order chi connectivity index (χ0) is 20.5. The molecular weight excluding hydrogens is 441 g/mol. The van der Waals surface area contributed by atoms with Gasteiger partial charge in [0.1, 0.15) is 11.8 Å². The van der Waals surface area contributed by atoms with E-state index >= 15 is 0 Å². The molecule has 148 valence electrons. The first-order valence-corrected chi connectivity index (χ1v) is 8.39. The number of aromatic nitrogens is 2. The fraction of sp³-hybridized carbons (Fsp3) is 0.375. The number of nitrogens with zero attached hydrogens (tertiary/aromatic N) is 2. The molecule has 0 fully saturated rings. The zero-order valence-electron chi connectivity index (χ0n) is 14.4. The number of carbonyl (C=O) groups is 1. The van der Waals surface area contributed by atoms with Gasteiger partial charge in [0.15, 0.2) is 5.69 Å². The third kappa shape index (κ3) is 4.76. The number of nitrogens with one attached hydrogen (secondary N) is 1. The van der Waals surface area contributed by atoms with Crippen molar-refractivity contribution >= 4 is 27.5 Å². The Morgan fingerprint density at radius 2 is 1.93 bits per heavy atom. The van der Waals surface area contributed by atoms with Gasteiger partial charge < -0.3 is 10.1 Å². The lowest BCUT2D eigenvalue weighted by molar-refractivity contribution is -0.142. The van der Waals surface area contributed by atoms with Gasteiger partial charge in [-0.05, 0) is 54.4 Å². The summed E-state index contributed by atoms with van der Waals surface area (Å²) < 4.78 is 68.9. The van der Waals surface area contributed by atoms with Crippen molar-refractivity contribution in [1.82, 2.24) is 9.78 Å². The monoisotopic (exact) mass is 455 g/mol. The van der Waals surface area contributed by atoms with Crippen molar-refractivity contribution in [2.24, 2.45) is 0 Å². The highest BCUT2D eigenvalue weighted by atomic mass is 79.9. The van der Waals surface area contributed by atoms with E-state index in [1.807, 2.05) is 0 Å². The number of benzene rings is 1. The van der Waals surface area contributed by atoms with Gasteiger partial charge in [-0.15, -0.1) is 0 Å². The second kappa shape index (κ2) is 7.83. The van der Waals surface area contributed by atoms with Crippen LogP contribution in [-0.2, 0) is 11.0 Å². The van der Waals surface area contributed by atoms with E-state index in [4.69, 9.17) is 0 Å². The molecule has 1 aromatic carbocycles. The molecule has 0 radical (unpaired) electrons. The molecule has 0 bridgehead atoms. The van der Waals surface area contributed by atoms with Crippen LogP contribution in [0.25, 0.3) is 0 Å². The molecule has 0 aliphatic carbocycles. The Kier molecular flexibility index (Phi) is 6.13. The second-order valence-corrected chi connectivity index (χ2v) is 6.53. The highest BCUT2D eigenvalue weighted by Crippen LogP contribution is 2.36. The van der Waals surface area contributed by atoms with Crippen LogP contribution in [0.3, 0.4) is 0 Å². The molecule has 1 aromatic heterocycles. The van der Waals surface area contributed by atoms with Crippen LogP contribution in [0.4, 0.5) is 27.6 Å². The van der Waals surface area contributed by atoms with Crippen LogP contribution in [0.1, 0.15) is 29.9 Å². The predicted molar refractivity (Wildman–Crippen MR) is 90.8 cm³/mol. The van der Waals surface area contributed by atoms with Crippen LogP contribution in [0.15, 0.2) is 22.7 Å². The molecule has 1 atom stereocenters. The summed E-state index contributed by atoms with van der Waals surface area (Å²) >= 11 is 2.83. The number of aryl methyl sites for hydroxylation is 1. The van der Waals surface area contributed by atoms with Gasteiger partial charge in [0.05, 0.1) is 15.9 Å². The molecule has 2 rings (SSSR count). The van der Waals surface area contributed by atoms with E-state index in [2.05, 4.69) is 31.1 Å². The van der Waals surface area contributed by atoms with E-state index in [1.54, 1.807) is 6.92 Å². The molecule has 1 amide bonds. The third-order valence-corrected chi connectivity index (χ3v) is 4.65. The number of halogens is 6.